The van der Waals surface area contributed by atoms with Crippen molar-refractivity contribution >= 4 is 32.8 Å². The number of benzene rings is 2. The van der Waals surface area contributed by atoms with Gasteiger partial charge in [0, 0.05) is 22.7 Å². The average molecular weight is 451 g/mol. The van der Waals surface area contributed by atoms with Crippen LogP contribution in [0.4, 0.5) is 14.5 Å². The van der Waals surface area contributed by atoms with E-state index in [0.717, 1.165) is 30.2 Å². The Morgan fingerprint density at radius 2 is 1.83 bits per heavy atom. The van der Waals surface area contributed by atoms with Gasteiger partial charge in [0.05, 0.1) is 11.4 Å². The van der Waals surface area contributed by atoms with Crippen LogP contribution in [0.25, 0.3) is 10.6 Å². The van der Waals surface area contributed by atoms with Gasteiger partial charge in [-0.25, -0.2) is 22.2 Å². The number of amides is 1. The van der Waals surface area contributed by atoms with Crippen LogP contribution in [0.15, 0.2) is 47.8 Å². The molecule has 9 heteroatoms. The summed E-state index contributed by atoms with van der Waals surface area (Å²) in [6.07, 6.45) is 0.923. The van der Waals surface area contributed by atoms with Crippen molar-refractivity contribution in [2.75, 3.05) is 5.32 Å². The van der Waals surface area contributed by atoms with Crippen molar-refractivity contribution in [1.82, 2.24) is 4.98 Å². The first kappa shape index (κ1) is 22.0. The first-order valence-corrected chi connectivity index (χ1v) is 11.8. The Labute approximate surface area is 177 Å². The smallest absolute Gasteiger partial charge is 0.242 e. The first-order chi connectivity index (χ1) is 14.2. The minimum absolute atomic E-state index is 0.0209. The highest BCUT2D eigenvalue weighted by atomic mass is 32.2. The van der Waals surface area contributed by atoms with Crippen molar-refractivity contribution in [3.05, 3.63) is 70.7 Å². The van der Waals surface area contributed by atoms with E-state index in [-0.39, 0.29) is 5.69 Å². The number of anilines is 1. The highest BCUT2D eigenvalue weighted by molar-refractivity contribution is 7.92. The summed E-state index contributed by atoms with van der Waals surface area (Å²) in [5.74, 6) is -3.42. The molecule has 0 fully saturated rings. The number of aryl methyl sites for hydroxylation is 1. The van der Waals surface area contributed by atoms with Gasteiger partial charge in [-0.1, -0.05) is 31.2 Å². The van der Waals surface area contributed by atoms with Crippen molar-refractivity contribution in [3.63, 3.8) is 0 Å². The van der Waals surface area contributed by atoms with E-state index in [1.165, 1.54) is 23.8 Å². The number of nitrogens with one attached hydrogen (secondary N) is 1. The average Bonchev–Trinajstić information content (AvgIpc) is 3.18. The Morgan fingerprint density at radius 3 is 2.47 bits per heavy atom. The molecule has 2 aromatic carbocycles. The fraction of sp³-hybridized carbons (Fsp3) is 0.238. The maximum absolute atomic E-state index is 13.3. The summed E-state index contributed by atoms with van der Waals surface area (Å²) >= 11 is 1.33. The summed E-state index contributed by atoms with van der Waals surface area (Å²) in [5.41, 5.74) is 2.42. The monoisotopic (exact) mass is 450 g/mol. The predicted octanol–water partition coefficient (Wildman–Crippen LogP) is 4.59. The molecule has 1 atom stereocenters. The number of carbonyl (C=O) groups is 1. The zero-order chi connectivity index (χ0) is 21.9. The molecule has 1 aromatic heterocycles. The first-order valence-electron chi connectivity index (χ1n) is 9.21. The molecule has 158 valence electrons. The fourth-order valence-electron chi connectivity index (χ4n) is 2.70. The van der Waals surface area contributed by atoms with E-state index in [1.54, 1.807) is 5.38 Å². The summed E-state index contributed by atoms with van der Waals surface area (Å²) in [7, 11) is -3.87. The van der Waals surface area contributed by atoms with Crippen molar-refractivity contribution in [3.8, 4) is 10.6 Å². The molecule has 5 nitrogen and oxygen atoms in total. The standard InChI is InChI=1S/C21H20F2N2O3S2/c1-3-14-4-6-15(7-5-14)21-25-17(11-29-21)12-30(27,28)13(2)20(26)24-16-8-9-18(22)19(23)10-16/h4-11,13H,3,12H2,1-2H3,(H,24,26). The number of aromatic nitrogens is 1. The molecular weight excluding hydrogens is 430 g/mol. The van der Waals surface area contributed by atoms with Crippen molar-refractivity contribution in [2.24, 2.45) is 0 Å². The van der Waals surface area contributed by atoms with Crippen LogP contribution in [0.5, 0.6) is 0 Å². The van der Waals surface area contributed by atoms with E-state index in [4.69, 9.17) is 0 Å². The Morgan fingerprint density at radius 1 is 1.13 bits per heavy atom. The number of rotatable bonds is 7. The van der Waals surface area contributed by atoms with Gasteiger partial charge in [0.2, 0.25) is 5.91 Å². The molecule has 0 aliphatic heterocycles. The van der Waals surface area contributed by atoms with Crippen LogP contribution in [-0.2, 0) is 26.8 Å². The summed E-state index contributed by atoms with van der Waals surface area (Å²) in [5, 5.41) is 3.26. The van der Waals surface area contributed by atoms with Crippen LogP contribution < -0.4 is 5.32 Å². The van der Waals surface area contributed by atoms with E-state index in [9.17, 15) is 22.0 Å². The summed E-state index contributed by atoms with van der Waals surface area (Å²) in [6.45, 7) is 3.31. The van der Waals surface area contributed by atoms with E-state index in [1.807, 2.05) is 24.3 Å². The molecule has 0 radical (unpaired) electrons. The molecule has 0 saturated heterocycles. The van der Waals surface area contributed by atoms with Crippen LogP contribution in [0.1, 0.15) is 25.1 Å². The van der Waals surface area contributed by atoms with Crippen LogP contribution in [0.3, 0.4) is 0 Å². The number of halogens is 2. The zero-order valence-corrected chi connectivity index (χ0v) is 18.0. The SMILES string of the molecule is CCc1ccc(-c2nc(CS(=O)(=O)C(C)C(=O)Nc3ccc(F)c(F)c3)cs2)cc1. The molecule has 0 aliphatic rings. The molecule has 0 spiro atoms. The van der Waals surface area contributed by atoms with Crippen molar-refractivity contribution in [2.45, 2.75) is 31.3 Å². The third-order valence-corrected chi connectivity index (χ3v) is 7.53. The summed E-state index contributed by atoms with van der Waals surface area (Å²) in [6, 6.07) is 10.7. The largest absolute Gasteiger partial charge is 0.325 e. The maximum atomic E-state index is 13.3. The number of hydrogen-bond acceptors (Lipinski definition) is 5. The maximum Gasteiger partial charge on any atom is 0.242 e. The minimum Gasteiger partial charge on any atom is -0.325 e. The lowest BCUT2D eigenvalue weighted by Crippen LogP contribution is -2.33. The Balaban J connectivity index is 1.69. The van der Waals surface area contributed by atoms with Crippen molar-refractivity contribution < 1.29 is 22.0 Å². The van der Waals surface area contributed by atoms with Gasteiger partial charge in [0.25, 0.3) is 0 Å². The summed E-state index contributed by atoms with van der Waals surface area (Å²) < 4.78 is 51.6. The molecule has 30 heavy (non-hydrogen) atoms. The zero-order valence-electron chi connectivity index (χ0n) is 16.4. The molecule has 1 heterocycles. The Bertz CT molecular complexity index is 1160. The molecule has 1 unspecified atom stereocenters. The number of carbonyl (C=O) groups excluding carboxylic acids is 1. The lowest BCUT2D eigenvalue weighted by Gasteiger charge is -2.13. The van der Waals surface area contributed by atoms with Gasteiger partial charge in [-0.2, -0.15) is 0 Å². The number of hydrogen-bond donors (Lipinski definition) is 1. The molecule has 0 bridgehead atoms. The molecule has 0 saturated carbocycles. The van der Waals surface area contributed by atoms with Gasteiger partial charge < -0.3 is 5.32 Å². The highest BCUT2D eigenvalue weighted by Gasteiger charge is 2.29. The van der Waals surface area contributed by atoms with E-state index >= 15 is 0 Å². The number of sulfone groups is 1. The normalized spacial score (nSPS) is 12.5. The van der Waals surface area contributed by atoms with Crippen LogP contribution >= 0.6 is 11.3 Å². The quantitative estimate of drug-likeness (QED) is 0.571. The highest BCUT2D eigenvalue weighted by Crippen LogP contribution is 2.26. The lowest BCUT2D eigenvalue weighted by atomic mass is 10.1. The second-order valence-electron chi connectivity index (χ2n) is 6.76. The fourth-order valence-corrected chi connectivity index (χ4v) is 4.83. The van der Waals surface area contributed by atoms with Crippen LogP contribution in [-0.4, -0.2) is 24.6 Å². The minimum atomic E-state index is -3.87. The molecule has 1 amide bonds. The lowest BCUT2D eigenvalue weighted by molar-refractivity contribution is -0.115. The second-order valence-corrected chi connectivity index (χ2v) is 9.94. The predicted molar refractivity (Wildman–Crippen MR) is 114 cm³/mol. The molecule has 3 aromatic rings. The summed E-state index contributed by atoms with van der Waals surface area (Å²) in [4.78, 5) is 16.7. The Kier molecular flexibility index (Phi) is 6.62. The van der Waals surface area contributed by atoms with Crippen molar-refractivity contribution in [1.29, 1.82) is 0 Å². The number of nitrogens with zero attached hydrogens (tertiary/aromatic N) is 1. The van der Waals surface area contributed by atoms with E-state index < -0.39 is 38.4 Å². The molecular formula is C21H20F2N2O3S2. The van der Waals surface area contributed by atoms with Crippen LogP contribution in [0.2, 0.25) is 0 Å². The number of thiazole rings is 1. The van der Waals surface area contributed by atoms with Gasteiger partial charge >= 0.3 is 0 Å². The van der Waals surface area contributed by atoms with Gasteiger partial charge in [-0.3, -0.25) is 4.79 Å². The topological polar surface area (TPSA) is 76.1 Å². The molecule has 0 aliphatic carbocycles. The van der Waals surface area contributed by atoms with E-state index in [0.29, 0.717) is 10.7 Å². The molecule has 1 N–H and O–H groups in total. The Hall–Kier alpha value is -2.65. The second kappa shape index (κ2) is 9.01. The third kappa shape index (κ3) is 5.09. The van der Waals surface area contributed by atoms with E-state index in [2.05, 4.69) is 17.2 Å². The van der Waals surface area contributed by atoms with Gasteiger partial charge in [0.1, 0.15) is 10.3 Å². The van der Waals surface area contributed by atoms with Gasteiger partial charge in [0.15, 0.2) is 21.5 Å². The third-order valence-electron chi connectivity index (χ3n) is 4.60. The molecule has 3 rings (SSSR count). The van der Waals surface area contributed by atoms with Gasteiger partial charge in [-0.15, -0.1) is 11.3 Å². The van der Waals surface area contributed by atoms with Gasteiger partial charge in [-0.05, 0) is 31.0 Å². The van der Waals surface area contributed by atoms with Crippen LogP contribution in [0, 0.1) is 11.6 Å².